The van der Waals surface area contributed by atoms with Crippen LogP contribution in [-0.4, -0.2) is 16.6 Å². The second-order valence-electron chi connectivity index (χ2n) is 4.55. The first-order valence-corrected chi connectivity index (χ1v) is 8.06. The van der Waals surface area contributed by atoms with Gasteiger partial charge < -0.3 is 10.5 Å². The Morgan fingerprint density at radius 2 is 1.71 bits per heavy atom. The maximum absolute atomic E-state index is 12.8. The molecule has 0 aliphatic heterocycles. The van der Waals surface area contributed by atoms with Crippen LogP contribution in [-0.2, 0) is 17.3 Å². The van der Waals surface area contributed by atoms with E-state index >= 15 is 0 Å². The molecule has 0 saturated carbocycles. The van der Waals surface area contributed by atoms with Crippen molar-refractivity contribution < 1.29 is 13.3 Å². The van der Waals surface area contributed by atoms with Gasteiger partial charge in [0, 0.05) is 17.2 Å². The van der Waals surface area contributed by atoms with E-state index in [2.05, 4.69) is 0 Å². The summed E-state index contributed by atoms with van der Waals surface area (Å²) in [5.41, 5.74) is 6.58. The summed E-state index contributed by atoms with van der Waals surface area (Å²) < 4.78 is 30.3. The van der Waals surface area contributed by atoms with Crippen LogP contribution in [0.3, 0.4) is 0 Å². The Balaban J connectivity index is 1.73. The molecule has 3 nitrogen and oxygen atoms in total. The fraction of sp³-hybridized carbons (Fsp3) is 0.250. The van der Waals surface area contributed by atoms with Gasteiger partial charge in [-0.25, -0.2) is 4.39 Å². The molecule has 2 N–H and O–H groups in total. The number of benzene rings is 2. The van der Waals surface area contributed by atoms with Crippen molar-refractivity contribution in [3.63, 3.8) is 0 Å². The number of nitrogens with two attached hydrogens (primary N) is 1. The zero-order valence-corrected chi connectivity index (χ0v) is 12.4. The van der Waals surface area contributed by atoms with Gasteiger partial charge in [0.1, 0.15) is 11.6 Å². The number of halogens is 1. The average Bonchev–Trinajstić information content (AvgIpc) is 2.52. The molecule has 0 spiro atoms. The highest BCUT2D eigenvalue weighted by molar-refractivity contribution is 7.85. The highest BCUT2D eigenvalue weighted by Gasteiger charge is 2.04. The molecule has 0 aliphatic rings. The molecular formula is C16H18FNO2S. The normalized spacial score (nSPS) is 12.1. The summed E-state index contributed by atoms with van der Waals surface area (Å²) in [7, 11) is -1.12. The first kappa shape index (κ1) is 15.7. The molecule has 0 radical (unpaired) electrons. The molecule has 0 bridgehead atoms. The Kier molecular flexibility index (Phi) is 5.90. The first-order valence-electron chi connectivity index (χ1n) is 6.75. The summed E-state index contributed by atoms with van der Waals surface area (Å²) in [6.45, 7) is 1.01. The third-order valence-electron chi connectivity index (χ3n) is 2.98. The van der Waals surface area contributed by atoms with Crippen LogP contribution in [0, 0.1) is 5.82 Å². The second kappa shape index (κ2) is 7.90. The van der Waals surface area contributed by atoms with Crippen molar-refractivity contribution in [2.75, 3.05) is 12.4 Å². The van der Waals surface area contributed by atoms with E-state index in [-0.39, 0.29) is 5.82 Å². The molecule has 0 heterocycles. The van der Waals surface area contributed by atoms with Crippen LogP contribution in [0.4, 0.5) is 4.39 Å². The van der Waals surface area contributed by atoms with Crippen molar-refractivity contribution in [3.8, 4) is 5.75 Å². The standard InChI is InChI=1S/C16H18FNO2S/c17-14-4-8-16(9-5-14)21(19)11-1-10-20-15-6-2-13(12-18)3-7-15/h2-9H,1,10-12,18H2. The number of hydrogen-bond donors (Lipinski definition) is 1. The van der Waals surface area contributed by atoms with E-state index in [1.165, 1.54) is 12.1 Å². The summed E-state index contributed by atoms with van der Waals surface area (Å²) in [5.74, 6) is 0.951. The molecule has 5 heteroatoms. The molecule has 0 amide bonds. The molecule has 2 aromatic carbocycles. The van der Waals surface area contributed by atoms with Crippen molar-refractivity contribution in [1.82, 2.24) is 0 Å². The first-order chi connectivity index (χ1) is 10.2. The quantitative estimate of drug-likeness (QED) is 0.800. The predicted octanol–water partition coefficient (Wildman–Crippen LogP) is 2.86. The molecular weight excluding hydrogens is 289 g/mol. The molecule has 112 valence electrons. The van der Waals surface area contributed by atoms with Gasteiger partial charge in [-0.2, -0.15) is 0 Å². The van der Waals surface area contributed by atoms with Gasteiger partial charge in [-0.3, -0.25) is 4.21 Å². The Morgan fingerprint density at radius 3 is 2.33 bits per heavy atom. The molecule has 0 saturated heterocycles. The van der Waals surface area contributed by atoms with E-state index in [4.69, 9.17) is 10.5 Å². The van der Waals surface area contributed by atoms with Crippen LogP contribution < -0.4 is 10.5 Å². The van der Waals surface area contributed by atoms with Gasteiger partial charge in [0.05, 0.1) is 17.4 Å². The average molecular weight is 307 g/mol. The summed E-state index contributed by atoms with van der Waals surface area (Å²) >= 11 is 0. The summed E-state index contributed by atoms with van der Waals surface area (Å²) in [6.07, 6.45) is 0.669. The van der Waals surface area contributed by atoms with E-state index in [9.17, 15) is 8.60 Å². The zero-order valence-electron chi connectivity index (χ0n) is 11.6. The van der Waals surface area contributed by atoms with Crippen molar-refractivity contribution in [1.29, 1.82) is 0 Å². The lowest BCUT2D eigenvalue weighted by Crippen LogP contribution is -2.05. The number of rotatable bonds is 7. The van der Waals surface area contributed by atoms with Crippen LogP contribution >= 0.6 is 0 Å². The molecule has 2 aromatic rings. The Hall–Kier alpha value is -1.72. The summed E-state index contributed by atoms with van der Waals surface area (Å²) in [4.78, 5) is 0.642. The minimum absolute atomic E-state index is 0.319. The zero-order chi connectivity index (χ0) is 15.1. The lowest BCUT2D eigenvalue weighted by atomic mass is 10.2. The highest BCUT2D eigenvalue weighted by Crippen LogP contribution is 2.13. The molecule has 0 aromatic heterocycles. The maximum Gasteiger partial charge on any atom is 0.123 e. The monoisotopic (exact) mass is 307 g/mol. The Labute approximate surface area is 126 Å². The SMILES string of the molecule is NCc1ccc(OCCCS(=O)c2ccc(F)cc2)cc1. The van der Waals surface area contributed by atoms with Crippen molar-refractivity contribution >= 4 is 10.8 Å². The van der Waals surface area contributed by atoms with E-state index in [1.54, 1.807) is 12.1 Å². The smallest absolute Gasteiger partial charge is 0.123 e. The van der Waals surface area contributed by atoms with Gasteiger partial charge in [-0.1, -0.05) is 12.1 Å². The van der Waals surface area contributed by atoms with E-state index in [0.717, 1.165) is 11.3 Å². The lowest BCUT2D eigenvalue weighted by Gasteiger charge is -2.07. The van der Waals surface area contributed by atoms with E-state index in [1.807, 2.05) is 24.3 Å². The van der Waals surface area contributed by atoms with Crippen molar-refractivity contribution in [3.05, 3.63) is 59.9 Å². The fourth-order valence-corrected chi connectivity index (χ4v) is 2.86. The van der Waals surface area contributed by atoms with Crippen molar-refractivity contribution in [2.45, 2.75) is 17.9 Å². The molecule has 0 fully saturated rings. The number of hydrogen-bond acceptors (Lipinski definition) is 3. The molecule has 1 unspecified atom stereocenters. The summed E-state index contributed by atoms with van der Waals surface area (Å²) in [6, 6.07) is 13.3. The Morgan fingerprint density at radius 1 is 1.05 bits per heavy atom. The number of ether oxygens (including phenoxy) is 1. The van der Waals surface area contributed by atoms with Crippen LogP contribution in [0.2, 0.25) is 0 Å². The third kappa shape index (κ3) is 4.95. The van der Waals surface area contributed by atoms with Gasteiger partial charge in [-0.05, 0) is 48.4 Å². The van der Waals surface area contributed by atoms with Gasteiger partial charge in [0.2, 0.25) is 0 Å². The second-order valence-corrected chi connectivity index (χ2v) is 6.12. The van der Waals surface area contributed by atoms with Gasteiger partial charge in [0.25, 0.3) is 0 Å². The fourth-order valence-electron chi connectivity index (χ4n) is 1.81. The van der Waals surface area contributed by atoms with Gasteiger partial charge in [0.15, 0.2) is 0 Å². The van der Waals surface area contributed by atoms with E-state index in [0.29, 0.717) is 30.2 Å². The van der Waals surface area contributed by atoms with Crippen LogP contribution in [0.15, 0.2) is 53.4 Å². The minimum atomic E-state index is -1.12. The van der Waals surface area contributed by atoms with Crippen LogP contribution in [0.25, 0.3) is 0 Å². The van der Waals surface area contributed by atoms with Crippen molar-refractivity contribution in [2.24, 2.45) is 5.73 Å². The van der Waals surface area contributed by atoms with E-state index < -0.39 is 10.8 Å². The Bertz CT molecular complexity index is 584. The largest absolute Gasteiger partial charge is 0.494 e. The van der Waals surface area contributed by atoms with Crippen LogP contribution in [0.5, 0.6) is 5.75 Å². The molecule has 0 aliphatic carbocycles. The third-order valence-corrected chi connectivity index (χ3v) is 4.44. The topological polar surface area (TPSA) is 52.3 Å². The molecule has 1 atom stereocenters. The summed E-state index contributed by atoms with van der Waals surface area (Å²) in [5, 5.41) is 0. The molecule has 2 rings (SSSR count). The van der Waals surface area contributed by atoms with Gasteiger partial charge in [-0.15, -0.1) is 0 Å². The molecule has 21 heavy (non-hydrogen) atoms. The predicted molar refractivity (Wildman–Crippen MR) is 82.1 cm³/mol. The highest BCUT2D eigenvalue weighted by atomic mass is 32.2. The minimum Gasteiger partial charge on any atom is -0.494 e. The van der Waals surface area contributed by atoms with Gasteiger partial charge >= 0.3 is 0 Å². The maximum atomic E-state index is 12.8. The lowest BCUT2D eigenvalue weighted by molar-refractivity contribution is 0.318. The van der Waals surface area contributed by atoms with Crippen LogP contribution in [0.1, 0.15) is 12.0 Å².